The second-order valence-electron chi connectivity index (χ2n) is 5.60. The van der Waals surface area contributed by atoms with Crippen molar-refractivity contribution >= 4 is 23.8 Å². The van der Waals surface area contributed by atoms with Crippen LogP contribution in [0, 0.1) is 5.82 Å². The summed E-state index contributed by atoms with van der Waals surface area (Å²) in [5, 5.41) is 13.9. The quantitative estimate of drug-likeness (QED) is 0.542. The zero-order valence-electron chi connectivity index (χ0n) is 14.5. The number of esters is 1. The number of nitrogens with one attached hydrogen (secondary N) is 2. The maximum absolute atomic E-state index is 13.3. The highest BCUT2D eigenvalue weighted by Gasteiger charge is 2.26. The Labute approximate surface area is 149 Å². The summed E-state index contributed by atoms with van der Waals surface area (Å²) in [6, 6.07) is 3.08. The van der Waals surface area contributed by atoms with Gasteiger partial charge >= 0.3 is 11.9 Å². The van der Waals surface area contributed by atoms with Gasteiger partial charge in [-0.1, -0.05) is 12.1 Å². The fourth-order valence-electron chi connectivity index (χ4n) is 2.25. The van der Waals surface area contributed by atoms with Gasteiger partial charge in [-0.05, 0) is 24.1 Å². The molecule has 0 aromatic heterocycles. The summed E-state index contributed by atoms with van der Waals surface area (Å²) < 4.78 is 17.7. The van der Waals surface area contributed by atoms with Crippen molar-refractivity contribution in [1.29, 1.82) is 0 Å². The number of carboxylic acid groups (broad SMARTS) is 1. The zero-order valence-corrected chi connectivity index (χ0v) is 14.5. The van der Waals surface area contributed by atoms with Gasteiger partial charge in [-0.25, -0.2) is 9.18 Å². The molecule has 3 N–H and O–H groups in total. The maximum atomic E-state index is 13.3. The standard InChI is InChI=1S/C17H21FN2O6/c1-10(21)19-14(9-11-4-3-5-12(18)8-11)16(23)20-13(17(24)25)6-7-15(22)26-2/h3-5,8,13-14H,6-7,9H2,1-2H3,(H,19,21)(H,20,23)(H,24,25)/t13-,14+/m1/s1. The summed E-state index contributed by atoms with van der Waals surface area (Å²) in [5.74, 6) is -3.67. The highest BCUT2D eigenvalue weighted by molar-refractivity contribution is 5.90. The number of carbonyl (C=O) groups is 4. The lowest BCUT2D eigenvalue weighted by Gasteiger charge is -2.21. The van der Waals surface area contributed by atoms with Crippen LogP contribution in [0.1, 0.15) is 25.3 Å². The molecule has 0 spiro atoms. The average molecular weight is 368 g/mol. The van der Waals surface area contributed by atoms with Crippen LogP contribution >= 0.6 is 0 Å². The van der Waals surface area contributed by atoms with E-state index in [2.05, 4.69) is 15.4 Å². The molecule has 0 heterocycles. The molecule has 0 saturated heterocycles. The molecule has 1 aromatic rings. The van der Waals surface area contributed by atoms with Crippen LogP contribution in [0.15, 0.2) is 24.3 Å². The van der Waals surface area contributed by atoms with Gasteiger partial charge in [0.2, 0.25) is 11.8 Å². The molecule has 0 bridgehead atoms. The van der Waals surface area contributed by atoms with Gasteiger partial charge in [-0.15, -0.1) is 0 Å². The molecule has 8 nitrogen and oxygen atoms in total. The molecule has 9 heteroatoms. The van der Waals surface area contributed by atoms with Gasteiger partial charge in [-0.3, -0.25) is 14.4 Å². The number of methoxy groups -OCH3 is 1. The Morgan fingerprint density at radius 3 is 2.42 bits per heavy atom. The smallest absolute Gasteiger partial charge is 0.326 e. The minimum absolute atomic E-state index is 0.0213. The Morgan fingerprint density at radius 1 is 1.19 bits per heavy atom. The summed E-state index contributed by atoms with van der Waals surface area (Å²) in [7, 11) is 1.17. The Bertz CT molecular complexity index is 679. The fraction of sp³-hybridized carbons (Fsp3) is 0.412. The number of carbonyl (C=O) groups excluding carboxylic acids is 3. The van der Waals surface area contributed by atoms with Gasteiger partial charge in [0.25, 0.3) is 0 Å². The molecule has 26 heavy (non-hydrogen) atoms. The van der Waals surface area contributed by atoms with Crippen LogP contribution in [0.25, 0.3) is 0 Å². The molecule has 0 saturated carbocycles. The van der Waals surface area contributed by atoms with E-state index in [4.69, 9.17) is 0 Å². The minimum Gasteiger partial charge on any atom is -0.480 e. The van der Waals surface area contributed by atoms with Gasteiger partial charge < -0.3 is 20.5 Å². The number of halogens is 1. The predicted octanol–water partition coefficient (Wildman–Crippen LogP) is 0.395. The van der Waals surface area contributed by atoms with Gasteiger partial charge in [0.15, 0.2) is 0 Å². The Morgan fingerprint density at radius 2 is 1.88 bits per heavy atom. The Hall–Kier alpha value is -2.97. The number of ether oxygens (including phenoxy) is 1. The second kappa shape index (κ2) is 10.1. The van der Waals surface area contributed by atoms with Crippen molar-refractivity contribution in [1.82, 2.24) is 10.6 Å². The first-order valence-corrected chi connectivity index (χ1v) is 7.84. The Kier molecular flexibility index (Phi) is 8.20. The second-order valence-corrected chi connectivity index (χ2v) is 5.60. The summed E-state index contributed by atoms with van der Waals surface area (Å²) in [4.78, 5) is 46.2. The molecule has 0 aliphatic heterocycles. The van der Waals surface area contributed by atoms with Crippen LogP contribution in [0.5, 0.6) is 0 Å². The fourth-order valence-corrected chi connectivity index (χ4v) is 2.25. The first kappa shape index (κ1) is 21.1. The van der Waals surface area contributed by atoms with Crippen LogP contribution < -0.4 is 10.6 Å². The first-order valence-electron chi connectivity index (χ1n) is 7.84. The van der Waals surface area contributed by atoms with E-state index in [-0.39, 0.29) is 19.3 Å². The van der Waals surface area contributed by atoms with E-state index in [9.17, 15) is 28.7 Å². The van der Waals surface area contributed by atoms with Crippen LogP contribution in [-0.4, -0.2) is 48.1 Å². The van der Waals surface area contributed by atoms with Crippen LogP contribution in [0.2, 0.25) is 0 Å². The largest absolute Gasteiger partial charge is 0.480 e. The van der Waals surface area contributed by atoms with Crippen molar-refractivity contribution in [3.63, 3.8) is 0 Å². The molecule has 2 atom stereocenters. The monoisotopic (exact) mass is 368 g/mol. The number of carboxylic acids is 1. The molecular formula is C17H21FN2O6. The van der Waals surface area contributed by atoms with Crippen molar-refractivity contribution in [2.45, 2.75) is 38.3 Å². The van der Waals surface area contributed by atoms with Crippen molar-refractivity contribution in [3.05, 3.63) is 35.6 Å². The minimum atomic E-state index is -1.33. The summed E-state index contributed by atoms with van der Waals surface area (Å²) in [5.41, 5.74) is 0.459. The maximum Gasteiger partial charge on any atom is 0.326 e. The van der Waals surface area contributed by atoms with Crippen LogP contribution in [-0.2, 0) is 30.3 Å². The first-order chi connectivity index (χ1) is 12.2. The van der Waals surface area contributed by atoms with E-state index in [1.165, 1.54) is 32.2 Å². The summed E-state index contributed by atoms with van der Waals surface area (Å²) >= 11 is 0. The molecular weight excluding hydrogens is 347 g/mol. The Balaban J connectivity index is 2.83. The molecule has 2 amide bonds. The van der Waals surface area contributed by atoms with E-state index in [1.807, 2.05) is 0 Å². The summed E-state index contributed by atoms with van der Waals surface area (Å²) in [6.45, 7) is 1.21. The lowest BCUT2D eigenvalue weighted by atomic mass is 10.0. The van der Waals surface area contributed by atoms with E-state index < -0.39 is 41.7 Å². The number of hydrogen-bond acceptors (Lipinski definition) is 5. The van der Waals surface area contributed by atoms with Gasteiger partial charge in [0.05, 0.1) is 7.11 Å². The molecule has 0 radical (unpaired) electrons. The molecule has 0 aliphatic carbocycles. The van der Waals surface area contributed by atoms with E-state index in [0.717, 1.165) is 0 Å². The van der Waals surface area contributed by atoms with Crippen molar-refractivity contribution in [2.24, 2.45) is 0 Å². The normalized spacial score (nSPS) is 12.6. The number of hydrogen-bond donors (Lipinski definition) is 3. The van der Waals surface area contributed by atoms with E-state index >= 15 is 0 Å². The van der Waals surface area contributed by atoms with E-state index in [0.29, 0.717) is 5.56 Å². The molecule has 0 aliphatic rings. The molecule has 142 valence electrons. The van der Waals surface area contributed by atoms with Gasteiger partial charge in [0.1, 0.15) is 17.9 Å². The third kappa shape index (κ3) is 7.29. The lowest BCUT2D eigenvalue weighted by Crippen LogP contribution is -2.52. The van der Waals surface area contributed by atoms with Crippen LogP contribution in [0.4, 0.5) is 4.39 Å². The van der Waals surface area contributed by atoms with Crippen molar-refractivity contribution in [3.8, 4) is 0 Å². The van der Waals surface area contributed by atoms with Crippen molar-refractivity contribution < 1.29 is 33.4 Å². The molecule has 1 rings (SSSR count). The molecule has 1 aromatic carbocycles. The number of aliphatic carboxylic acids is 1. The number of rotatable bonds is 9. The van der Waals surface area contributed by atoms with Gasteiger partial charge in [0, 0.05) is 19.8 Å². The number of amides is 2. The highest BCUT2D eigenvalue weighted by Crippen LogP contribution is 2.08. The van der Waals surface area contributed by atoms with Gasteiger partial charge in [-0.2, -0.15) is 0 Å². The predicted molar refractivity (Wildman–Crippen MR) is 88.5 cm³/mol. The third-order valence-electron chi connectivity index (χ3n) is 3.50. The number of benzene rings is 1. The lowest BCUT2D eigenvalue weighted by molar-refractivity contribution is -0.144. The topological polar surface area (TPSA) is 122 Å². The van der Waals surface area contributed by atoms with Crippen LogP contribution in [0.3, 0.4) is 0 Å². The molecule has 0 fully saturated rings. The van der Waals surface area contributed by atoms with Crippen molar-refractivity contribution in [2.75, 3.05) is 7.11 Å². The average Bonchev–Trinajstić information content (AvgIpc) is 2.56. The molecule has 0 unspecified atom stereocenters. The zero-order chi connectivity index (χ0) is 19.7. The third-order valence-corrected chi connectivity index (χ3v) is 3.50. The SMILES string of the molecule is COC(=O)CC[C@@H](NC(=O)[C@H](Cc1cccc(F)c1)NC(C)=O)C(=O)O. The van der Waals surface area contributed by atoms with E-state index in [1.54, 1.807) is 6.07 Å². The highest BCUT2D eigenvalue weighted by atomic mass is 19.1. The summed E-state index contributed by atoms with van der Waals surface area (Å²) in [6.07, 6.45) is -0.379.